The number of hydrogen-bond donors (Lipinski definition) is 1. The van der Waals surface area contributed by atoms with Crippen molar-refractivity contribution in [3.8, 4) is 0 Å². The molecule has 1 aliphatic heterocycles. The van der Waals surface area contributed by atoms with E-state index >= 15 is 0 Å². The lowest BCUT2D eigenvalue weighted by molar-refractivity contribution is -0.132. The van der Waals surface area contributed by atoms with Crippen LogP contribution in [0.1, 0.15) is 44.7 Å². The number of amides is 2. The molecule has 0 bridgehead atoms. The second kappa shape index (κ2) is 9.78. The van der Waals surface area contributed by atoms with Crippen molar-refractivity contribution in [2.45, 2.75) is 58.0 Å². The molecule has 0 radical (unpaired) electrons. The van der Waals surface area contributed by atoms with E-state index in [1.807, 2.05) is 19.9 Å². The molecule has 1 aromatic carbocycles. The summed E-state index contributed by atoms with van der Waals surface area (Å²) in [5.74, 6) is -0.0378. The van der Waals surface area contributed by atoms with Crippen molar-refractivity contribution in [2.24, 2.45) is 0 Å². The van der Waals surface area contributed by atoms with Crippen LogP contribution in [0.3, 0.4) is 0 Å². The normalized spacial score (nSPS) is 15.7. The van der Waals surface area contributed by atoms with Crippen molar-refractivity contribution < 1.29 is 22.7 Å². The van der Waals surface area contributed by atoms with Gasteiger partial charge in [0.2, 0.25) is 15.9 Å². The second-order valence-corrected chi connectivity index (χ2v) is 10.5. The summed E-state index contributed by atoms with van der Waals surface area (Å²) in [5.41, 5.74) is 1.42. The molecule has 30 heavy (non-hydrogen) atoms. The largest absolute Gasteiger partial charge is 0.444 e. The van der Waals surface area contributed by atoms with Gasteiger partial charge in [-0.3, -0.25) is 4.79 Å². The smallest absolute Gasteiger partial charge is 0.407 e. The summed E-state index contributed by atoms with van der Waals surface area (Å²) < 4.78 is 32.3. The lowest BCUT2D eigenvalue weighted by atomic mass is 10.1. The third-order valence-electron chi connectivity index (χ3n) is 4.94. The number of aryl methyl sites for hydroxylation is 2. The van der Waals surface area contributed by atoms with E-state index in [4.69, 9.17) is 4.74 Å². The monoisotopic (exact) mass is 439 g/mol. The summed E-state index contributed by atoms with van der Waals surface area (Å²) in [5, 5.41) is 2.63. The molecule has 8 nitrogen and oxygen atoms in total. The number of hydrogen-bond acceptors (Lipinski definition) is 5. The standard InChI is InChI=1S/C21H33N3O5S/c1-16-8-9-18(15-17(16)2)30(27,28)24-13-11-23(12-14-24)19(25)7-6-10-22-20(26)29-21(3,4)5/h8-9,15H,6-7,10-14H2,1-5H3,(H,22,26). The highest BCUT2D eigenvalue weighted by Gasteiger charge is 2.30. The molecule has 1 heterocycles. The molecule has 0 saturated carbocycles. The molecule has 1 aromatic rings. The summed E-state index contributed by atoms with van der Waals surface area (Å²) in [6.45, 7) is 10.8. The molecule has 0 unspecified atom stereocenters. The zero-order valence-electron chi connectivity index (χ0n) is 18.5. The molecular weight excluding hydrogens is 406 g/mol. The van der Waals surface area contributed by atoms with Gasteiger partial charge in [-0.05, 0) is 64.3 Å². The number of carbonyl (C=O) groups is 2. The minimum Gasteiger partial charge on any atom is -0.444 e. The second-order valence-electron chi connectivity index (χ2n) is 8.56. The Kier molecular flexibility index (Phi) is 7.87. The fourth-order valence-corrected chi connectivity index (χ4v) is 4.61. The van der Waals surface area contributed by atoms with Gasteiger partial charge in [0.05, 0.1) is 4.90 Å². The van der Waals surface area contributed by atoms with Crippen LogP contribution in [0.15, 0.2) is 23.1 Å². The quantitative estimate of drug-likeness (QED) is 0.687. The van der Waals surface area contributed by atoms with Crippen molar-refractivity contribution in [2.75, 3.05) is 32.7 Å². The molecule has 0 spiro atoms. The van der Waals surface area contributed by atoms with E-state index in [2.05, 4.69) is 5.32 Å². The predicted octanol–water partition coefficient (Wildman–Crippen LogP) is 2.44. The van der Waals surface area contributed by atoms with Gasteiger partial charge in [0.1, 0.15) is 5.60 Å². The van der Waals surface area contributed by atoms with Crippen LogP contribution in [-0.2, 0) is 19.6 Å². The van der Waals surface area contributed by atoms with Crippen LogP contribution in [0.25, 0.3) is 0 Å². The zero-order chi connectivity index (χ0) is 22.5. The summed E-state index contributed by atoms with van der Waals surface area (Å²) in [7, 11) is -3.56. The summed E-state index contributed by atoms with van der Waals surface area (Å²) in [6.07, 6.45) is 0.291. The Hall–Kier alpha value is -2.13. The average Bonchev–Trinajstić information content (AvgIpc) is 2.66. The minimum atomic E-state index is -3.56. The first-order valence-corrected chi connectivity index (χ1v) is 11.7. The molecule has 2 rings (SSSR count). The van der Waals surface area contributed by atoms with Gasteiger partial charge in [0.15, 0.2) is 0 Å². The first-order valence-electron chi connectivity index (χ1n) is 10.2. The fraction of sp³-hybridized carbons (Fsp3) is 0.619. The molecule has 2 amide bonds. The molecule has 1 aliphatic rings. The molecular formula is C21H33N3O5S. The Morgan fingerprint density at radius 3 is 2.27 bits per heavy atom. The van der Waals surface area contributed by atoms with Crippen molar-refractivity contribution >= 4 is 22.0 Å². The topological polar surface area (TPSA) is 96.0 Å². The number of nitrogens with one attached hydrogen (secondary N) is 1. The van der Waals surface area contributed by atoms with Gasteiger partial charge in [-0.15, -0.1) is 0 Å². The van der Waals surface area contributed by atoms with Gasteiger partial charge in [0.25, 0.3) is 0 Å². The Morgan fingerprint density at radius 2 is 1.70 bits per heavy atom. The highest BCUT2D eigenvalue weighted by Crippen LogP contribution is 2.20. The number of benzene rings is 1. The van der Waals surface area contributed by atoms with Crippen molar-refractivity contribution in [3.05, 3.63) is 29.3 Å². The lowest BCUT2D eigenvalue weighted by Crippen LogP contribution is -2.50. The van der Waals surface area contributed by atoms with Crippen LogP contribution in [0.2, 0.25) is 0 Å². The van der Waals surface area contributed by atoms with Crippen LogP contribution in [0.4, 0.5) is 4.79 Å². The molecule has 0 atom stereocenters. The molecule has 1 N–H and O–H groups in total. The van der Waals surface area contributed by atoms with Crippen LogP contribution in [-0.4, -0.2) is 67.9 Å². The Balaban J connectivity index is 1.78. The Labute approximate surface area is 179 Å². The van der Waals surface area contributed by atoms with E-state index in [1.165, 1.54) is 4.31 Å². The van der Waals surface area contributed by atoms with Crippen LogP contribution in [0.5, 0.6) is 0 Å². The Morgan fingerprint density at radius 1 is 1.07 bits per heavy atom. The van der Waals surface area contributed by atoms with Gasteiger partial charge in [0, 0.05) is 39.1 Å². The minimum absolute atomic E-state index is 0.0378. The molecule has 0 aromatic heterocycles. The van der Waals surface area contributed by atoms with Crippen molar-refractivity contribution in [3.63, 3.8) is 0 Å². The first-order chi connectivity index (χ1) is 13.9. The number of alkyl carbamates (subject to hydrolysis) is 1. The van der Waals surface area contributed by atoms with Gasteiger partial charge in [-0.25, -0.2) is 13.2 Å². The maximum atomic E-state index is 12.9. The summed E-state index contributed by atoms with van der Waals surface area (Å²) in [6, 6.07) is 5.14. The number of ether oxygens (including phenoxy) is 1. The SMILES string of the molecule is Cc1ccc(S(=O)(=O)N2CCN(C(=O)CCCNC(=O)OC(C)(C)C)CC2)cc1C. The van der Waals surface area contributed by atoms with E-state index < -0.39 is 21.7 Å². The molecule has 1 saturated heterocycles. The van der Waals surface area contributed by atoms with E-state index in [-0.39, 0.29) is 19.0 Å². The highest BCUT2D eigenvalue weighted by molar-refractivity contribution is 7.89. The number of carbonyl (C=O) groups excluding carboxylic acids is 2. The van der Waals surface area contributed by atoms with Crippen molar-refractivity contribution in [1.82, 2.24) is 14.5 Å². The Bertz CT molecular complexity index is 869. The number of nitrogens with zero attached hydrogens (tertiary/aromatic N) is 2. The third-order valence-corrected chi connectivity index (χ3v) is 6.84. The molecule has 9 heteroatoms. The van der Waals surface area contributed by atoms with Gasteiger partial charge >= 0.3 is 6.09 Å². The van der Waals surface area contributed by atoms with Crippen LogP contribution < -0.4 is 5.32 Å². The fourth-order valence-electron chi connectivity index (χ4n) is 3.10. The average molecular weight is 440 g/mol. The van der Waals surface area contributed by atoms with E-state index in [0.29, 0.717) is 37.4 Å². The van der Waals surface area contributed by atoms with Crippen molar-refractivity contribution in [1.29, 1.82) is 0 Å². The number of rotatable bonds is 6. The lowest BCUT2D eigenvalue weighted by Gasteiger charge is -2.34. The van der Waals surface area contributed by atoms with E-state index in [9.17, 15) is 18.0 Å². The number of sulfonamides is 1. The maximum Gasteiger partial charge on any atom is 0.407 e. The van der Waals surface area contributed by atoms with Gasteiger partial charge in [-0.2, -0.15) is 4.31 Å². The van der Waals surface area contributed by atoms with Gasteiger partial charge in [-0.1, -0.05) is 6.07 Å². The molecule has 168 valence electrons. The molecule has 1 fully saturated rings. The number of piperazine rings is 1. The predicted molar refractivity (Wildman–Crippen MR) is 115 cm³/mol. The maximum absolute atomic E-state index is 12.9. The van der Waals surface area contributed by atoms with Crippen LogP contribution >= 0.6 is 0 Å². The van der Waals surface area contributed by atoms with E-state index in [1.54, 1.807) is 37.8 Å². The third kappa shape index (κ3) is 6.70. The van der Waals surface area contributed by atoms with E-state index in [0.717, 1.165) is 11.1 Å². The molecule has 0 aliphatic carbocycles. The summed E-state index contributed by atoms with van der Waals surface area (Å²) in [4.78, 5) is 26.0. The summed E-state index contributed by atoms with van der Waals surface area (Å²) >= 11 is 0. The highest BCUT2D eigenvalue weighted by atomic mass is 32.2. The zero-order valence-corrected chi connectivity index (χ0v) is 19.3. The van der Waals surface area contributed by atoms with Crippen LogP contribution in [0, 0.1) is 13.8 Å². The van der Waals surface area contributed by atoms with Gasteiger partial charge < -0.3 is 15.0 Å². The first kappa shape index (κ1) is 24.1.